The number of benzene rings is 2. The van der Waals surface area contributed by atoms with E-state index in [2.05, 4.69) is 31.9 Å². The van der Waals surface area contributed by atoms with Gasteiger partial charge in [0.05, 0.1) is 19.8 Å². The molecule has 0 fully saturated rings. The Balaban J connectivity index is 0.000000280. The number of halogens is 2. The molecule has 0 aromatic heterocycles. The predicted octanol–water partition coefficient (Wildman–Crippen LogP) is 6.59. The molecule has 0 atom stereocenters. The van der Waals surface area contributed by atoms with Gasteiger partial charge in [0.2, 0.25) is 0 Å². The van der Waals surface area contributed by atoms with Crippen LogP contribution in [0.5, 0.6) is 11.5 Å². The summed E-state index contributed by atoms with van der Waals surface area (Å²) >= 11 is 6.69. The standard InChI is InChI=1S/2C11H13BrO2/c1-7(2)11(13)9-5-4-8(14-3)6-10(9)12;1-7(2)11(13)9-5-4-8(12)6-10(9)14-3/h2*4-7H,1-3H3. The molecule has 6 heteroatoms. The molecule has 0 heterocycles. The van der Waals surface area contributed by atoms with Gasteiger partial charge < -0.3 is 9.47 Å². The Hall–Kier alpha value is -1.66. The van der Waals surface area contributed by atoms with Gasteiger partial charge in [-0.25, -0.2) is 0 Å². The molecule has 0 bridgehead atoms. The zero-order valence-electron chi connectivity index (χ0n) is 17.0. The van der Waals surface area contributed by atoms with Crippen LogP contribution in [0.2, 0.25) is 0 Å². The van der Waals surface area contributed by atoms with Crippen molar-refractivity contribution >= 4 is 43.4 Å². The van der Waals surface area contributed by atoms with E-state index in [0.717, 1.165) is 14.7 Å². The third-order valence-electron chi connectivity index (χ3n) is 3.92. The zero-order valence-corrected chi connectivity index (χ0v) is 20.2. The van der Waals surface area contributed by atoms with Crippen molar-refractivity contribution in [2.24, 2.45) is 11.8 Å². The van der Waals surface area contributed by atoms with Gasteiger partial charge in [0, 0.05) is 26.3 Å². The summed E-state index contributed by atoms with van der Waals surface area (Å²) in [5.74, 6) is 1.62. The normalized spacial score (nSPS) is 10.4. The Bertz CT molecular complexity index is 829. The maximum absolute atomic E-state index is 11.7. The lowest BCUT2D eigenvalue weighted by atomic mass is 10.0. The van der Waals surface area contributed by atoms with Crippen molar-refractivity contribution in [2.45, 2.75) is 27.7 Å². The van der Waals surface area contributed by atoms with E-state index in [1.807, 2.05) is 33.8 Å². The van der Waals surface area contributed by atoms with Crippen molar-refractivity contribution in [2.75, 3.05) is 14.2 Å². The highest BCUT2D eigenvalue weighted by Gasteiger charge is 2.15. The number of carbonyl (C=O) groups excluding carboxylic acids is 2. The number of ether oxygens (including phenoxy) is 2. The molecule has 0 saturated heterocycles. The minimum atomic E-state index is -0.00919. The van der Waals surface area contributed by atoms with Gasteiger partial charge in [-0.3, -0.25) is 9.59 Å². The van der Waals surface area contributed by atoms with Gasteiger partial charge in [0.1, 0.15) is 11.5 Å². The van der Waals surface area contributed by atoms with E-state index >= 15 is 0 Å². The smallest absolute Gasteiger partial charge is 0.169 e. The van der Waals surface area contributed by atoms with Gasteiger partial charge in [-0.15, -0.1) is 0 Å². The van der Waals surface area contributed by atoms with Crippen molar-refractivity contribution < 1.29 is 19.1 Å². The maximum atomic E-state index is 11.7. The number of methoxy groups -OCH3 is 2. The molecule has 2 aromatic carbocycles. The molecule has 0 aliphatic carbocycles. The Morgan fingerprint density at radius 2 is 1.32 bits per heavy atom. The van der Waals surface area contributed by atoms with Crippen LogP contribution in [-0.2, 0) is 0 Å². The first kappa shape index (κ1) is 24.4. The Kier molecular flexibility index (Phi) is 9.90. The van der Waals surface area contributed by atoms with Gasteiger partial charge in [-0.05, 0) is 52.3 Å². The summed E-state index contributed by atoms with van der Waals surface area (Å²) in [5.41, 5.74) is 1.35. The molecule has 0 amide bonds. The van der Waals surface area contributed by atoms with E-state index in [4.69, 9.17) is 9.47 Å². The average molecular weight is 514 g/mol. The second kappa shape index (κ2) is 11.4. The van der Waals surface area contributed by atoms with Gasteiger partial charge >= 0.3 is 0 Å². The van der Waals surface area contributed by atoms with Crippen LogP contribution in [0, 0.1) is 11.8 Å². The summed E-state index contributed by atoms with van der Waals surface area (Å²) in [7, 11) is 3.17. The summed E-state index contributed by atoms with van der Waals surface area (Å²) in [6.45, 7) is 7.53. The molecular formula is C22H26Br2O4. The molecule has 0 radical (unpaired) electrons. The van der Waals surface area contributed by atoms with Crippen LogP contribution in [-0.4, -0.2) is 25.8 Å². The Labute approximate surface area is 183 Å². The van der Waals surface area contributed by atoms with Crippen molar-refractivity contribution in [1.29, 1.82) is 0 Å². The summed E-state index contributed by atoms with van der Waals surface area (Å²) in [5, 5.41) is 0. The lowest BCUT2D eigenvalue weighted by molar-refractivity contribution is 0.0930. The fraction of sp³-hybridized carbons (Fsp3) is 0.364. The van der Waals surface area contributed by atoms with Crippen LogP contribution in [0.3, 0.4) is 0 Å². The zero-order chi connectivity index (χ0) is 21.4. The van der Waals surface area contributed by atoms with Crippen LogP contribution in [0.15, 0.2) is 45.3 Å². The first-order valence-corrected chi connectivity index (χ1v) is 10.5. The van der Waals surface area contributed by atoms with Gasteiger partial charge in [-0.2, -0.15) is 0 Å². The second-order valence-corrected chi connectivity index (χ2v) is 8.50. The van der Waals surface area contributed by atoms with Crippen LogP contribution >= 0.6 is 31.9 Å². The van der Waals surface area contributed by atoms with E-state index in [9.17, 15) is 9.59 Å². The van der Waals surface area contributed by atoms with E-state index in [1.54, 1.807) is 44.6 Å². The highest BCUT2D eigenvalue weighted by Crippen LogP contribution is 2.26. The van der Waals surface area contributed by atoms with E-state index < -0.39 is 0 Å². The second-order valence-electron chi connectivity index (χ2n) is 6.73. The monoisotopic (exact) mass is 512 g/mol. The van der Waals surface area contributed by atoms with E-state index in [1.165, 1.54) is 0 Å². The quantitative estimate of drug-likeness (QED) is 0.408. The largest absolute Gasteiger partial charge is 0.497 e. The highest BCUT2D eigenvalue weighted by atomic mass is 79.9. The van der Waals surface area contributed by atoms with Gasteiger partial charge in [0.15, 0.2) is 11.6 Å². The number of ketones is 2. The summed E-state index contributed by atoms with van der Waals surface area (Å²) in [6, 6.07) is 10.8. The van der Waals surface area contributed by atoms with Crippen LogP contribution in [0.4, 0.5) is 0 Å². The molecular weight excluding hydrogens is 488 g/mol. The van der Waals surface area contributed by atoms with Gasteiger partial charge in [0.25, 0.3) is 0 Å². The third-order valence-corrected chi connectivity index (χ3v) is 5.07. The molecule has 2 aromatic rings. The first-order valence-electron chi connectivity index (χ1n) is 8.87. The molecule has 0 aliphatic rings. The lowest BCUT2D eigenvalue weighted by Crippen LogP contribution is -2.08. The fourth-order valence-electron chi connectivity index (χ4n) is 2.31. The van der Waals surface area contributed by atoms with E-state index in [0.29, 0.717) is 16.9 Å². The molecule has 0 N–H and O–H groups in total. The molecule has 0 saturated carbocycles. The Morgan fingerprint density at radius 1 is 0.786 bits per heavy atom. The molecule has 28 heavy (non-hydrogen) atoms. The molecule has 0 aliphatic heterocycles. The molecule has 0 spiro atoms. The topological polar surface area (TPSA) is 52.6 Å². The van der Waals surface area contributed by atoms with Gasteiger partial charge in [-0.1, -0.05) is 43.6 Å². The average Bonchev–Trinajstić information content (AvgIpc) is 2.66. The van der Waals surface area contributed by atoms with Crippen molar-refractivity contribution in [3.8, 4) is 11.5 Å². The molecule has 0 unspecified atom stereocenters. The SMILES string of the molecule is COc1cc(Br)ccc1C(=O)C(C)C.COc1ccc(C(=O)C(C)C)c(Br)c1. The number of carbonyl (C=O) groups is 2. The minimum Gasteiger partial charge on any atom is -0.497 e. The summed E-state index contributed by atoms with van der Waals surface area (Å²) < 4.78 is 11.9. The lowest BCUT2D eigenvalue weighted by Gasteiger charge is -2.09. The van der Waals surface area contributed by atoms with Crippen molar-refractivity contribution in [3.63, 3.8) is 0 Å². The van der Waals surface area contributed by atoms with Crippen LogP contribution in [0.1, 0.15) is 48.4 Å². The Morgan fingerprint density at radius 3 is 1.79 bits per heavy atom. The minimum absolute atomic E-state index is 0.00919. The first-order chi connectivity index (χ1) is 13.1. The van der Waals surface area contributed by atoms with Crippen molar-refractivity contribution in [1.82, 2.24) is 0 Å². The van der Waals surface area contributed by atoms with Crippen molar-refractivity contribution in [3.05, 3.63) is 56.5 Å². The predicted molar refractivity (Wildman–Crippen MR) is 120 cm³/mol. The number of rotatable bonds is 6. The summed E-state index contributed by atoms with van der Waals surface area (Å²) in [4.78, 5) is 23.4. The van der Waals surface area contributed by atoms with Crippen LogP contribution in [0.25, 0.3) is 0 Å². The highest BCUT2D eigenvalue weighted by molar-refractivity contribution is 9.10. The van der Waals surface area contributed by atoms with Crippen LogP contribution < -0.4 is 9.47 Å². The number of hydrogen-bond acceptors (Lipinski definition) is 4. The molecule has 2 rings (SSSR count). The summed E-state index contributed by atoms with van der Waals surface area (Å²) in [6.07, 6.45) is 0. The van der Waals surface area contributed by atoms with E-state index in [-0.39, 0.29) is 23.4 Å². The fourth-order valence-corrected chi connectivity index (χ4v) is 3.21. The third kappa shape index (κ3) is 6.74. The molecule has 4 nitrogen and oxygen atoms in total. The molecule has 152 valence electrons. The number of Topliss-reactive ketones (excluding diaryl/α,β-unsaturated/α-hetero) is 2. The number of hydrogen-bond donors (Lipinski definition) is 0. The maximum Gasteiger partial charge on any atom is 0.169 e.